The molecule has 1 aromatic rings. The molecule has 17 heavy (non-hydrogen) atoms. The molecule has 1 heterocycles. The SMILES string of the molecule is CN(C(=O)c1cc(I)ccc1O)C1CCSC1. The van der Waals surface area contributed by atoms with Gasteiger partial charge in [0.2, 0.25) is 0 Å². The maximum Gasteiger partial charge on any atom is 0.257 e. The third kappa shape index (κ3) is 2.88. The van der Waals surface area contributed by atoms with Crippen molar-refractivity contribution in [2.24, 2.45) is 0 Å². The molecule has 1 unspecified atom stereocenters. The molecule has 1 aromatic carbocycles. The van der Waals surface area contributed by atoms with E-state index in [9.17, 15) is 9.90 Å². The number of nitrogens with zero attached hydrogens (tertiary/aromatic N) is 1. The summed E-state index contributed by atoms with van der Waals surface area (Å²) in [4.78, 5) is 14.0. The molecule has 1 aliphatic rings. The van der Waals surface area contributed by atoms with E-state index in [2.05, 4.69) is 22.6 Å². The number of amides is 1. The van der Waals surface area contributed by atoms with Gasteiger partial charge in [0, 0.05) is 22.4 Å². The highest BCUT2D eigenvalue weighted by Crippen LogP contribution is 2.26. The second-order valence-electron chi connectivity index (χ2n) is 4.09. The third-order valence-electron chi connectivity index (χ3n) is 2.96. The first-order chi connectivity index (χ1) is 8.09. The fourth-order valence-electron chi connectivity index (χ4n) is 1.86. The Labute approximate surface area is 119 Å². The van der Waals surface area contributed by atoms with Crippen molar-refractivity contribution < 1.29 is 9.90 Å². The average molecular weight is 363 g/mol. The van der Waals surface area contributed by atoms with Gasteiger partial charge in [-0.2, -0.15) is 11.8 Å². The normalized spacial score (nSPS) is 19.3. The molecule has 0 radical (unpaired) electrons. The molecule has 0 spiro atoms. The Hall–Kier alpha value is -0.430. The first kappa shape index (κ1) is 13.0. The van der Waals surface area contributed by atoms with E-state index in [1.165, 1.54) is 0 Å². The molecule has 1 amide bonds. The predicted octanol–water partition coefficient (Wildman–Crippen LogP) is 2.57. The van der Waals surface area contributed by atoms with E-state index in [-0.39, 0.29) is 11.7 Å². The second kappa shape index (κ2) is 5.48. The monoisotopic (exact) mass is 363 g/mol. The lowest BCUT2D eigenvalue weighted by Crippen LogP contribution is -2.37. The van der Waals surface area contributed by atoms with E-state index in [1.807, 2.05) is 18.8 Å². The number of carbonyl (C=O) groups is 1. The summed E-state index contributed by atoms with van der Waals surface area (Å²) in [5, 5.41) is 9.74. The highest BCUT2D eigenvalue weighted by Gasteiger charge is 2.26. The summed E-state index contributed by atoms with van der Waals surface area (Å²) in [7, 11) is 1.82. The minimum Gasteiger partial charge on any atom is -0.507 e. The number of hydrogen-bond donors (Lipinski definition) is 1. The van der Waals surface area contributed by atoms with Crippen molar-refractivity contribution in [3.8, 4) is 5.75 Å². The number of phenolic OH excluding ortho intramolecular Hbond substituents is 1. The number of rotatable bonds is 2. The Balaban J connectivity index is 2.20. The van der Waals surface area contributed by atoms with Crippen LogP contribution in [0.5, 0.6) is 5.75 Å². The number of aromatic hydroxyl groups is 1. The Morgan fingerprint density at radius 1 is 1.59 bits per heavy atom. The van der Waals surface area contributed by atoms with Crippen LogP contribution < -0.4 is 0 Å². The minimum atomic E-state index is -0.0893. The molecule has 1 saturated heterocycles. The summed E-state index contributed by atoms with van der Waals surface area (Å²) in [6.07, 6.45) is 1.04. The number of phenols is 1. The highest BCUT2D eigenvalue weighted by atomic mass is 127. The molecule has 1 N–H and O–H groups in total. The second-order valence-corrected chi connectivity index (χ2v) is 6.49. The van der Waals surface area contributed by atoms with Crippen molar-refractivity contribution in [2.45, 2.75) is 12.5 Å². The number of thioether (sulfide) groups is 1. The zero-order chi connectivity index (χ0) is 12.4. The van der Waals surface area contributed by atoms with Gasteiger partial charge in [-0.25, -0.2) is 0 Å². The topological polar surface area (TPSA) is 40.5 Å². The first-order valence-corrected chi connectivity index (χ1v) is 7.66. The standard InChI is InChI=1S/C12H14INO2S/c1-14(9-4-5-17-7-9)12(16)10-6-8(13)2-3-11(10)15/h2-3,6,9,15H,4-5,7H2,1H3. The van der Waals surface area contributed by atoms with Gasteiger partial charge in [-0.05, 0) is 53.0 Å². The van der Waals surface area contributed by atoms with Crippen molar-refractivity contribution in [3.05, 3.63) is 27.3 Å². The number of carbonyl (C=O) groups excluding carboxylic acids is 1. The van der Waals surface area contributed by atoms with Crippen LogP contribution in [0.1, 0.15) is 16.8 Å². The Kier molecular flexibility index (Phi) is 4.19. The Morgan fingerprint density at radius 2 is 2.35 bits per heavy atom. The Bertz CT molecular complexity index is 433. The smallest absolute Gasteiger partial charge is 0.257 e. The van der Waals surface area contributed by atoms with E-state index in [1.54, 1.807) is 23.1 Å². The van der Waals surface area contributed by atoms with Crippen LogP contribution in [0.3, 0.4) is 0 Å². The predicted molar refractivity (Wildman–Crippen MR) is 78.6 cm³/mol. The van der Waals surface area contributed by atoms with Crippen LogP contribution in [0.4, 0.5) is 0 Å². The highest BCUT2D eigenvalue weighted by molar-refractivity contribution is 14.1. The number of benzene rings is 1. The maximum atomic E-state index is 12.3. The summed E-state index contributed by atoms with van der Waals surface area (Å²) < 4.78 is 0.956. The zero-order valence-electron chi connectivity index (χ0n) is 9.52. The van der Waals surface area contributed by atoms with Gasteiger partial charge in [-0.1, -0.05) is 0 Å². The molecule has 3 nitrogen and oxygen atoms in total. The molecule has 92 valence electrons. The van der Waals surface area contributed by atoms with E-state index >= 15 is 0 Å². The van der Waals surface area contributed by atoms with Crippen LogP contribution in [0, 0.1) is 3.57 Å². The van der Waals surface area contributed by atoms with Crippen LogP contribution in [0.2, 0.25) is 0 Å². The van der Waals surface area contributed by atoms with Gasteiger partial charge in [0.1, 0.15) is 5.75 Å². The summed E-state index contributed by atoms with van der Waals surface area (Å²) in [5.74, 6) is 2.08. The van der Waals surface area contributed by atoms with Crippen molar-refractivity contribution in [2.75, 3.05) is 18.6 Å². The molecule has 1 atom stereocenters. The van der Waals surface area contributed by atoms with Crippen LogP contribution in [0.25, 0.3) is 0 Å². The van der Waals surface area contributed by atoms with Gasteiger partial charge in [0.15, 0.2) is 0 Å². The molecule has 5 heteroatoms. The van der Waals surface area contributed by atoms with Crippen molar-refractivity contribution in [1.29, 1.82) is 0 Å². The summed E-state index contributed by atoms with van der Waals surface area (Å²) in [5.41, 5.74) is 0.399. The maximum absolute atomic E-state index is 12.3. The van der Waals surface area contributed by atoms with Gasteiger partial charge >= 0.3 is 0 Å². The van der Waals surface area contributed by atoms with Gasteiger partial charge < -0.3 is 10.0 Å². The lowest BCUT2D eigenvalue weighted by atomic mass is 10.1. The molecular formula is C12H14INO2S. The average Bonchev–Trinajstić information content (AvgIpc) is 2.84. The minimum absolute atomic E-state index is 0.0629. The summed E-state index contributed by atoms with van der Waals surface area (Å²) in [6, 6.07) is 5.39. The van der Waals surface area contributed by atoms with Gasteiger partial charge in [-0.3, -0.25) is 4.79 Å². The number of halogens is 1. The molecule has 2 rings (SSSR count). The van der Waals surface area contributed by atoms with Gasteiger partial charge in [-0.15, -0.1) is 0 Å². The lowest BCUT2D eigenvalue weighted by Gasteiger charge is -2.24. The van der Waals surface area contributed by atoms with Crippen molar-refractivity contribution in [3.63, 3.8) is 0 Å². The van der Waals surface area contributed by atoms with Gasteiger partial charge in [0.25, 0.3) is 5.91 Å². The van der Waals surface area contributed by atoms with E-state index in [4.69, 9.17) is 0 Å². The molecule has 0 aliphatic carbocycles. The van der Waals surface area contributed by atoms with Crippen LogP contribution >= 0.6 is 34.4 Å². The molecule has 1 aliphatic heterocycles. The fraction of sp³-hybridized carbons (Fsp3) is 0.417. The van der Waals surface area contributed by atoms with E-state index in [0.717, 1.165) is 21.5 Å². The van der Waals surface area contributed by atoms with E-state index in [0.29, 0.717) is 11.6 Å². The fourth-order valence-corrected chi connectivity index (χ4v) is 3.62. The van der Waals surface area contributed by atoms with Crippen molar-refractivity contribution in [1.82, 2.24) is 4.90 Å². The molecular weight excluding hydrogens is 349 g/mol. The molecule has 0 aromatic heterocycles. The quantitative estimate of drug-likeness (QED) is 0.822. The number of hydrogen-bond acceptors (Lipinski definition) is 3. The summed E-state index contributed by atoms with van der Waals surface area (Å²) in [6.45, 7) is 0. The molecule has 0 saturated carbocycles. The lowest BCUT2D eigenvalue weighted by molar-refractivity contribution is 0.0744. The molecule has 0 bridgehead atoms. The Morgan fingerprint density at radius 3 is 3.00 bits per heavy atom. The molecule has 1 fully saturated rings. The van der Waals surface area contributed by atoms with Crippen LogP contribution in [-0.4, -0.2) is 40.5 Å². The van der Waals surface area contributed by atoms with Gasteiger partial charge in [0.05, 0.1) is 5.56 Å². The van der Waals surface area contributed by atoms with E-state index < -0.39 is 0 Å². The van der Waals surface area contributed by atoms with Crippen molar-refractivity contribution >= 4 is 40.3 Å². The summed E-state index contributed by atoms with van der Waals surface area (Å²) >= 11 is 4.01. The first-order valence-electron chi connectivity index (χ1n) is 5.43. The van der Waals surface area contributed by atoms with Crippen LogP contribution in [0.15, 0.2) is 18.2 Å². The largest absolute Gasteiger partial charge is 0.507 e. The third-order valence-corrected chi connectivity index (χ3v) is 4.78. The zero-order valence-corrected chi connectivity index (χ0v) is 12.5. The van der Waals surface area contributed by atoms with Crippen LogP contribution in [-0.2, 0) is 0 Å².